The third-order valence-corrected chi connectivity index (χ3v) is 1.95. The van der Waals surface area contributed by atoms with Crippen LogP contribution in [-0.4, -0.2) is 12.9 Å². The zero-order valence-corrected chi connectivity index (χ0v) is 9.64. The van der Waals surface area contributed by atoms with Crippen molar-refractivity contribution < 1.29 is 9.53 Å². The average Bonchev–Trinajstić information content (AvgIpc) is 2.15. The topological polar surface area (TPSA) is 26.3 Å². The lowest BCUT2D eigenvalue weighted by Gasteiger charge is -2.07. The van der Waals surface area contributed by atoms with Gasteiger partial charge in [-0.05, 0) is 18.2 Å². The molecule has 0 bridgehead atoms. The average molecular weight is 276 g/mol. The minimum atomic E-state index is 0.322. The summed E-state index contributed by atoms with van der Waals surface area (Å²) in [4.78, 5) is 10.7. The van der Waals surface area contributed by atoms with E-state index in [0.717, 1.165) is 0 Å². The first-order valence-corrected chi connectivity index (χ1v) is 5.01. The van der Waals surface area contributed by atoms with Crippen LogP contribution in [0.1, 0.15) is 10.4 Å². The van der Waals surface area contributed by atoms with Gasteiger partial charge in [0, 0.05) is 9.51 Å². The van der Waals surface area contributed by atoms with Crippen LogP contribution >= 0.6 is 27.5 Å². The van der Waals surface area contributed by atoms with Crippen LogP contribution in [0.5, 0.6) is 5.75 Å². The van der Waals surface area contributed by atoms with Gasteiger partial charge >= 0.3 is 0 Å². The number of halogens is 2. The monoisotopic (exact) mass is 274 g/mol. The molecule has 0 aliphatic heterocycles. The van der Waals surface area contributed by atoms with Gasteiger partial charge in [-0.25, -0.2) is 0 Å². The molecule has 0 aliphatic carbocycles. The molecule has 0 N–H and O–H groups in total. The van der Waals surface area contributed by atoms with E-state index in [1.165, 1.54) is 0 Å². The van der Waals surface area contributed by atoms with Crippen LogP contribution < -0.4 is 4.74 Å². The van der Waals surface area contributed by atoms with Gasteiger partial charge in [0.15, 0.2) is 6.29 Å². The molecule has 1 aromatic carbocycles. The lowest BCUT2D eigenvalue weighted by atomic mass is 10.2. The first kappa shape index (κ1) is 11.3. The maximum atomic E-state index is 10.7. The van der Waals surface area contributed by atoms with E-state index in [9.17, 15) is 4.79 Å². The predicted octanol–water partition coefficient (Wildman–Crippen LogP) is 3.44. The summed E-state index contributed by atoms with van der Waals surface area (Å²) in [6.07, 6.45) is 0.707. The van der Waals surface area contributed by atoms with Gasteiger partial charge in [-0.1, -0.05) is 34.1 Å². The van der Waals surface area contributed by atoms with E-state index in [1.54, 1.807) is 18.2 Å². The minimum Gasteiger partial charge on any atom is -0.488 e. The van der Waals surface area contributed by atoms with E-state index >= 15 is 0 Å². The van der Waals surface area contributed by atoms with Crippen LogP contribution in [0.15, 0.2) is 29.3 Å². The third-order valence-electron chi connectivity index (χ3n) is 1.48. The Morgan fingerprint density at radius 3 is 2.93 bits per heavy atom. The number of carbonyl (C=O) groups is 1. The van der Waals surface area contributed by atoms with E-state index in [4.69, 9.17) is 16.3 Å². The van der Waals surface area contributed by atoms with Crippen molar-refractivity contribution in [1.29, 1.82) is 0 Å². The van der Waals surface area contributed by atoms with Crippen molar-refractivity contribution >= 4 is 33.8 Å². The maximum Gasteiger partial charge on any atom is 0.153 e. The van der Waals surface area contributed by atoms with Crippen LogP contribution in [0.3, 0.4) is 0 Å². The normalized spacial score (nSPS) is 9.57. The smallest absolute Gasteiger partial charge is 0.153 e. The van der Waals surface area contributed by atoms with Crippen molar-refractivity contribution in [1.82, 2.24) is 0 Å². The van der Waals surface area contributed by atoms with Gasteiger partial charge in [0.05, 0.1) is 5.56 Å². The molecular formula is C10H8BrClO2. The van der Waals surface area contributed by atoms with E-state index in [2.05, 4.69) is 22.5 Å². The Morgan fingerprint density at radius 2 is 2.36 bits per heavy atom. The van der Waals surface area contributed by atoms with E-state index in [0.29, 0.717) is 33.7 Å². The molecule has 14 heavy (non-hydrogen) atoms. The molecule has 2 nitrogen and oxygen atoms in total. The fourth-order valence-corrected chi connectivity index (χ4v) is 1.19. The Morgan fingerprint density at radius 1 is 1.64 bits per heavy atom. The van der Waals surface area contributed by atoms with Crippen LogP contribution in [0.25, 0.3) is 0 Å². The molecule has 0 fully saturated rings. The van der Waals surface area contributed by atoms with Crippen LogP contribution in [0.4, 0.5) is 0 Å². The van der Waals surface area contributed by atoms with Crippen molar-refractivity contribution in [2.75, 3.05) is 6.61 Å². The van der Waals surface area contributed by atoms with Gasteiger partial charge in [0.25, 0.3) is 0 Å². The summed E-state index contributed by atoms with van der Waals surface area (Å²) in [5, 5.41) is 0.511. The predicted molar refractivity (Wildman–Crippen MR) is 60.4 cm³/mol. The third kappa shape index (κ3) is 3.16. The lowest BCUT2D eigenvalue weighted by Crippen LogP contribution is -1.98. The molecule has 0 aliphatic rings. The molecule has 1 aromatic rings. The summed E-state index contributed by atoms with van der Waals surface area (Å²) in [6, 6.07) is 4.88. The zero-order valence-electron chi connectivity index (χ0n) is 7.30. The van der Waals surface area contributed by atoms with E-state index < -0.39 is 0 Å². The van der Waals surface area contributed by atoms with Crippen LogP contribution in [-0.2, 0) is 0 Å². The summed E-state index contributed by atoms with van der Waals surface area (Å²) in [6.45, 7) is 3.94. The number of rotatable bonds is 4. The largest absolute Gasteiger partial charge is 0.488 e. The van der Waals surface area contributed by atoms with Gasteiger partial charge < -0.3 is 4.74 Å². The second-order valence-corrected chi connectivity index (χ2v) is 4.16. The van der Waals surface area contributed by atoms with Gasteiger partial charge in [-0.3, -0.25) is 4.79 Å². The van der Waals surface area contributed by atoms with Gasteiger partial charge in [0.1, 0.15) is 12.4 Å². The fourth-order valence-electron chi connectivity index (χ4n) is 0.899. The number of carbonyl (C=O) groups excluding carboxylic acids is 1. The minimum absolute atomic E-state index is 0.322. The summed E-state index contributed by atoms with van der Waals surface area (Å²) >= 11 is 8.88. The molecule has 0 spiro atoms. The second-order valence-electron chi connectivity index (χ2n) is 2.61. The maximum absolute atomic E-state index is 10.7. The Kier molecular flexibility index (Phi) is 4.17. The quantitative estimate of drug-likeness (QED) is 0.787. The summed E-state index contributed by atoms with van der Waals surface area (Å²) in [5.74, 6) is 0.505. The fraction of sp³-hybridized carbons (Fsp3) is 0.100. The molecule has 74 valence electrons. The highest BCUT2D eigenvalue weighted by atomic mass is 79.9. The van der Waals surface area contributed by atoms with Crippen molar-refractivity contribution in [3.05, 3.63) is 39.8 Å². The number of hydrogen-bond acceptors (Lipinski definition) is 2. The van der Waals surface area contributed by atoms with E-state index in [-0.39, 0.29) is 0 Å². The van der Waals surface area contributed by atoms with Crippen molar-refractivity contribution in [2.45, 2.75) is 0 Å². The highest BCUT2D eigenvalue weighted by Gasteiger charge is 2.03. The van der Waals surface area contributed by atoms with Crippen molar-refractivity contribution in [2.24, 2.45) is 0 Å². The number of ether oxygens (including phenoxy) is 1. The van der Waals surface area contributed by atoms with Gasteiger partial charge in [-0.2, -0.15) is 0 Å². The first-order chi connectivity index (χ1) is 6.63. The lowest BCUT2D eigenvalue weighted by molar-refractivity contribution is 0.112. The summed E-state index contributed by atoms with van der Waals surface area (Å²) < 4.78 is 6.02. The Balaban J connectivity index is 2.85. The molecule has 0 saturated carbocycles. The molecule has 0 atom stereocenters. The second kappa shape index (κ2) is 5.17. The first-order valence-electron chi connectivity index (χ1n) is 3.84. The van der Waals surface area contributed by atoms with Crippen molar-refractivity contribution in [3.63, 3.8) is 0 Å². The SMILES string of the molecule is C=C(Br)COc1ccc(Cl)cc1C=O. The zero-order chi connectivity index (χ0) is 10.6. The Labute approximate surface area is 95.6 Å². The molecule has 0 aromatic heterocycles. The van der Waals surface area contributed by atoms with Crippen molar-refractivity contribution in [3.8, 4) is 5.75 Å². The van der Waals surface area contributed by atoms with Gasteiger partial charge in [0.2, 0.25) is 0 Å². The number of hydrogen-bond donors (Lipinski definition) is 0. The Hall–Kier alpha value is -0.800. The molecule has 1 rings (SSSR count). The van der Waals surface area contributed by atoms with Crippen LogP contribution in [0.2, 0.25) is 5.02 Å². The van der Waals surface area contributed by atoms with E-state index in [1.807, 2.05) is 0 Å². The molecular weight excluding hydrogens is 267 g/mol. The molecule has 0 saturated heterocycles. The number of aldehydes is 1. The summed E-state index contributed by atoms with van der Waals surface area (Å²) in [5.41, 5.74) is 0.436. The molecule has 0 amide bonds. The molecule has 0 heterocycles. The molecule has 0 unspecified atom stereocenters. The highest BCUT2D eigenvalue weighted by molar-refractivity contribution is 9.11. The standard InChI is InChI=1S/C10H8BrClO2/c1-7(11)6-14-10-3-2-9(12)4-8(10)5-13/h2-5H,1,6H2. The summed E-state index contributed by atoms with van der Waals surface area (Å²) in [7, 11) is 0. The number of benzene rings is 1. The Bertz CT molecular complexity index is 363. The molecule has 0 radical (unpaired) electrons. The highest BCUT2D eigenvalue weighted by Crippen LogP contribution is 2.22. The molecule has 4 heteroatoms. The van der Waals surface area contributed by atoms with Crippen LogP contribution in [0, 0.1) is 0 Å². The van der Waals surface area contributed by atoms with Gasteiger partial charge in [-0.15, -0.1) is 0 Å².